The summed E-state index contributed by atoms with van der Waals surface area (Å²) in [4.78, 5) is 38.6. The molecule has 1 atom stereocenters. The number of hydrogen-bond acceptors (Lipinski definition) is 7. The van der Waals surface area contributed by atoms with E-state index in [1.165, 1.54) is 13.3 Å². The van der Waals surface area contributed by atoms with Gasteiger partial charge in [-0.25, -0.2) is 15.0 Å². The van der Waals surface area contributed by atoms with Gasteiger partial charge in [0.05, 0.1) is 28.8 Å². The molecule has 3 heterocycles. The van der Waals surface area contributed by atoms with Crippen LogP contribution in [0.3, 0.4) is 0 Å². The molecule has 2 amide bonds. The molecule has 2 aromatic rings. The van der Waals surface area contributed by atoms with Gasteiger partial charge in [0, 0.05) is 38.6 Å². The van der Waals surface area contributed by atoms with Gasteiger partial charge in [-0.15, -0.1) is 0 Å². The maximum absolute atomic E-state index is 12.5. The average molecular weight is 440 g/mol. The number of rotatable bonds is 8. The smallest absolute Gasteiger partial charge is 0.254 e. The highest BCUT2D eigenvalue weighted by Gasteiger charge is 2.23. The number of amides is 2. The molecule has 0 aliphatic carbocycles. The number of carbonyl (C=O) groups excluding carboxylic acids is 2. The van der Waals surface area contributed by atoms with Crippen molar-refractivity contribution < 1.29 is 9.59 Å². The first-order valence-corrected chi connectivity index (χ1v) is 11.1. The second-order valence-electron chi connectivity index (χ2n) is 8.38. The van der Waals surface area contributed by atoms with E-state index in [2.05, 4.69) is 42.7 Å². The molecule has 0 spiro atoms. The standard InChI is InChI=1S/C23H33N7O2/c1-15(7-10-24-23(32)22-16(2)26-14-27-17(22)3)30-11-8-19(9-12-30)29-20-5-6-21(25-13-20)28-18(4)31/h5-6,13-15,19,29H,7-12H2,1-4H3,(H,24,32)(H,25,28,31)/t15-/m1/s1. The molecule has 0 aromatic carbocycles. The van der Waals surface area contributed by atoms with Crippen LogP contribution in [-0.4, -0.2) is 63.4 Å². The third-order valence-corrected chi connectivity index (χ3v) is 5.89. The van der Waals surface area contributed by atoms with E-state index in [1.54, 1.807) is 12.3 Å². The van der Waals surface area contributed by atoms with E-state index in [0.717, 1.165) is 38.0 Å². The van der Waals surface area contributed by atoms with Crippen molar-refractivity contribution in [1.29, 1.82) is 0 Å². The van der Waals surface area contributed by atoms with Gasteiger partial charge in [0.1, 0.15) is 12.1 Å². The summed E-state index contributed by atoms with van der Waals surface area (Å²) in [5.41, 5.74) is 2.95. The Kier molecular flexibility index (Phi) is 8.10. The molecule has 0 bridgehead atoms. The molecule has 1 saturated heterocycles. The third kappa shape index (κ3) is 6.46. The number of piperidine rings is 1. The topological polar surface area (TPSA) is 112 Å². The largest absolute Gasteiger partial charge is 0.381 e. The molecule has 0 radical (unpaired) electrons. The van der Waals surface area contributed by atoms with Crippen LogP contribution in [0.4, 0.5) is 11.5 Å². The van der Waals surface area contributed by atoms with Crippen molar-refractivity contribution in [3.63, 3.8) is 0 Å². The molecule has 0 saturated carbocycles. The van der Waals surface area contributed by atoms with Crippen LogP contribution >= 0.6 is 0 Å². The second-order valence-corrected chi connectivity index (χ2v) is 8.38. The highest BCUT2D eigenvalue weighted by molar-refractivity contribution is 5.96. The molecule has 1 aliphatic rings. The monoisotopic (exact) mass is 439 g/mol. The highest BCUT2D eigenvalue weighted by Crippen LogP contribution is 2.19. The molecule has 1 fully saturated rings. The summed E-state index contributed by atoms with van der Waals surface area (Å²) in [6.45, 7) is 9.99. The lowest BCUT2D eigenvalue weighted by Gasteiger charge is -2.36. The van der Waals surface area contributed by atoms with E-state index >= 15 is 0 Å². The van der Waals surface area contributed by atoms with Crippen molar-refractivity contribution in [3.05, 3.63) is 41.6 Å². The summed E-state index contributed by atoms with van der Waals surface area (Å²) < 4.78 is 0. The molecule has 32 heavy (non-hydrogen) atoms. The van der Waals surface area contributed by atoms with Crippen LogP contribution in [0.1, 0.15) is 54.9 Å². The fraction of sp³-hybridized carbons (Fsp3) is 0.522. The number of anilines is 2. The SMILES string of the molecule is CC(=O)Nc1ccc(NC2CCN([C@H](C)CCNC(=O)c3c(C)ncnc3C)CC2)cn1. The van der Waals surface area contributed by atoms with Crippen LogP contribution in [0.25, 0.3) is 0 Å². The first-order chi connectivity index (χ1) is 15.3. The summed E-state index contributed by atoms with van der Waals surface area (Å²) in [5, 5.41) is 9.23. The Bertz CT molecular complexity index is 904. The van der Waals surface area contributed by atoms with Crippen LogP contribution in [0.2, 0.25) is 0 Å². The molecule has 9 heteroatoms. The van der Waals surface area contributed by atoms with Gasteiger partial charge in [0.2, 0.25) is 5.91 Å². The quantitative estimate of drug-likeness (QED) is 0.579. The first-order valence-electron chi connectivity index (χ1n) is 11.1. The summed E-state index contributed by atoms with van der Waals surface area (Å²) in [5.74, 6) is 0.330. The molecule has 3 N–H and O–H groups in total. The van der Waals surface area contributed by atoms with Gasteiger partial charge in [-0.3, -0.25) is 9.59 Å². The molecule has 3 rings (SSSR count). The van der Waals surface area contributed by atoms with Crippen LogP contribution < -0.4 is 16.0 Å². The molecule has 9 nitrogen and oxygen atoms in total. The Balaban J connectivity index is 1.39. The second kappa shape index (κ2) is 11.0. The van der Waals surface area contributed by atoms with Crippen molar-refractivity contribution in [1.82, 2.24) is 25.2 Å². The Hall–Kier alpha value is -3.07. The predicted molar refractivity (Wildman–Crippen MR) is 125 cm³/mol. The van der Waals surface area contributed by atoms with Gasteiger partial charge in [-0.1, -0.05) is 0 Å². The first kappa shape index (κ1) is 23.6. The number of nitrogens with one attached hydrogen (secondary N) is 3. The fourth-order valence-electron chi connectivity index (χ4n) is 4.04. The van der Waals surface area contributed by atoms with E-state index in [4.69, 9.17) is 0 Å². The van der Waals surface area contributed by atoms with E-state index in [-0.39, 0.29) is 11.8 Å². The minimum atomic E-state index is -0.126. The number of pyridine rings is 1. The van der Waals surface area contributed by atoms with Crippen LogP contribution in [0.15, 0.2) is 24.7 Å². The Morgan fingerprint density at radius 3 is 2.41 bits per heavy atom. The maximum Gasteiger partial charge on any atom is 0.254 e. The molecule has 172 valence electrons. The van der Waals surface area contributed by atoms with Crippen molar-refractivity contribution >= 4 is 23.3 Å². The Labute approximate surface area is 189 Å². The highest BCUT2D eigenvalue weighted by atomic mass is 16.2. The number of nitrogens with zero attached hydrogens (tertiary/aromatic N) is 4. The molecule has 0 unspecified atom stereocenters. The van der Waals surface area contributed by atoms with Crippen molar-refractivity contribution in [2.75, 3.05) is 30.3 Å². The van der Waals surface area contributed by atoms with Gasteiger partial charge in [-0.2, -0.15) is 0 Å². The summed E-state index contributed by atoms with van der Waals surface area (Å²) >= 11 is 0. The molecular formula is C23H33N7O2. The van der Waals surface area contributed by atoms with Gasteiger partial charge in [0.15, 0.2) is 0 Å². The van der Waals surface area contributed by atoms with Gasteiger partial charge in [-0.05, 0) is 52.2 Å². The Morgan fingerprint density at radius 2 is 1.81 bits per heavy atom. The lowest BCUT2D eigenvalue weighted by Crippen LogP contribution is -2.44. The van der Waals surface area contributed by atoms with Crippen LogP contribution in [0, 0.1) is 13.8 Å². The maximum atomic E-state index is 12.5. The molecular weight excluding hydrogens is 406 g/mol. The zero-order chi connectivity index (χ0) is 23.1. The summed E-state index contributed by atoms with van der Waals surface area (Å²) in [6, 6.07) is 4.54. The van der Waals surface area contributed by atoms with Gasteiger partial charge in [0.25, 0.3) is 5.91 Å². The minimum absolute atomic E-state index is 0.103. The normalized spacial score (nSPS) is 15.8. The van der Waals surface area contributed by atoms with E-state index in [9.17, 15) is 9.59 Å². The van der Waals surface area contributed by atoms with Crippen molar-refractivity contribution in [2.45, 2.75) is 59.0 Å². The van der Waals surface area contributed by atoms with Gasteiger partial charge < -0.3 is 20.9 Å². The number of carbonyl (C=O) groups is 2. The van der Waals surface area contributed by atoms with Crippen molar-refractivity contribution in [3.8, 4) is 0 Å². The van der Waals surface area contributed by atoms with E-state index in [1.807, 2.05) is 19.9 Å². The Morgan fingerprint density at radius 1 is 1.12 bits per heavy atom. The number of likely N-dealkylation sites (tertiary alicyclic amines) is 1. The van der Waals surface area contributed by atoms with Crippen LogP contribution in [-0.2, 0) is 4.79 Å². The van der Waals surface area contributed by atoms with Crippen molar-refractivity contribution in [2.24, 2.45) is 0 Å². The molecule has 1 aliphatic heterocycles. The minimum Gasteiger partial charge on any atom is -0.381 e. The third-order valence-electron chi connectivity index (χ3n) is 5.89. The summed E-state index contributed by atoms with van der Waals surface area (Å²) in [7, 11) is 0. The van der Waals surface area contributed by atoms with E-state index < -0.39 is 0 Å². The average Bonchev–Trinajstić information content (AvgIpc) is 2.75. The zero-order valence-electron chi connectivity index (χ0n) is 19.3. The predicted octanol–water partition coefficient (Wildman–Crippen LogP) is 2.53. The lowest BCUT2D eigenvalue weighted by molar-refractivity contribution is -0.114. The number of hydrogen-bond donors (Lipinski definition) is 3. The van der Waals surface area contributed by atoms with Gasteiger partial charge >= 0.3 is 0 Å². The van der Waals surface area contributed by atoms with Crippen LogP contribution in [0.5, 0.6) is 0 Å². The number of aromatic nitrogens is 3. The fourth-order valence-corrected chi connectivity index (χ4v) is 4.04. The van der Waals surface area contributed by atoms with E-state index in [0.29, 0.717) is 41.4 Å². The zero-order valence-corrected chi connectivity index (χ0v) is 19.3. The lowest BCUT2D eigenvalue weighted by atomic mass is 10.0. The molecule has 2 aromatic heterocycles. The summed E-state index contributed by atoms with van der Waals surface area (Å²) in [6.07, 6.45) is 6.22. The number of aryl methyl sites for hydroxylation is 2.